The van der Waals surface area contributed by atoms with Gasteiger partial charge in [-0.15, -0.1) is 0 Å². The lowest BCUT2D eigenvalue weighted by Gasteiger charge is -2.33. The van der Waals surface area contributed by atoms with E-state index in [1.807, 2.05) is 47.4 Å². The predicted octanol–water partition coefficient (Wildman–Crippen LogP) is 4.92. The van der Waals surface area contributed by atoms with Gasteiger partial charge in [-0.3, -0.25) is 4.79 Å². The van der Waals surface area contributed by atoms with Crippen molar-refractivity contribution >= 4 is 28.4 Å². The number of ether oxygens (including phenoxy) is 1. The van der Waals surface area contributed by atoms with Crippen molar-refractivity contribution in [3.05, 3.63) is 64.8 Å². The summed E-state index contributed by atoms with van der Waals surface area (Å²) in [6, 6.07) is 15.7. The number of carbonyl (C=O) groups excluding carboxylic acids is 1. The molecule has 27 heavy (non-hydrogen) atoms. The quantitative estimate of drug-likeness (QED) is 0.695. The number of hydrogen-bond donors (Lipinski definition) is 1. The van der Waals surface area contributed by atoms with Gasteiger partial charge in [0.2, 0.25) is 0 Å². The van der Waals surface area contributed by atoms with Gasteiger partial charge in [0.15, 0.2) is 0 Å². The minimum atomic E-state index is 0.0104. The zero-order valence-electron chi connectivity index (χ0n) is 15.5. The minimum Gasteiger partial charge on any atom is -0.493 e. The van der Waals surface area contributed by atoms with E-state index in [1.54, 1.807) is 0 Å². The van der Waals surface area contributed by atoms with Gasteiger partial charge in [-0.25, -0.2) is 0 Å². The molecule has 4 rings (SSSR count). The van der Waals surface area contributed by atoms with Gasteiger partial charge >= 0.3 is 0 Å². The van der Waals surface area contributed by atoms with Gasteiger partial charge in [0, 0.05) is 34.4 Å². The number of rotatable bonds is 4. The smallest absolute Gasteiger partial charge is 0.270 e. The first kappa shape index (κ1) is 17.9. The van der Waals surface area contributed by atoms with Crippen molar-refractivity contribution in [2.24, 2.45) is 5.92 Å². The normalized spacial score (nSPS) is 16.2. The van der Waals surface area contributed by atoms with Gasteiger partial charge in [0.1, 0.15) is 11.4 Å². The Bertz CT molecular complexity index is 979. The van der Waals surface area contributed by atoms with Crippen LogP contribution < -0.4 is 4.74 Å². The van der Waals surface area contributed by atoms with Gasteiger partial charge in [-0.2, -0.15) is 0 Å². The van der Waals surface area contributed by atoms with Gasteiger partial charge in [-0.05, 0) is 56.2 Å². The second-order valence-electron chi connectivity index (χ2n) is 7.45. The molecule has 0 aliphatic carbocycles. The molecule has 2 aromatic carbocycles. The zero-order valence-corrected chi connectivity index (χ0v) is 16.3. The van der Waals surface area contributed by atoms with Crippen LogP contribution in [0.2, 0.25) is 5.02 Å². The molecular formula is C22H23ClN2O2. The molecule has 1 N–H and O–H groups in total. The molecule has 1 amide bonds. The Morgan fingerprint density at radius 2 is 2.07 bits per heavy atom. The van der Waals surface area contributed by atoms with Crippen molar-refractivity contribution in [2.75, 3.05) is 13.2 Å². The number of nitrogens with one attached hydrogen (secondary N) is 1. The fraction of sp³-hybridized carbons (Fsp3) is 0.318. The number of aromatic amines is 1. The molecule has 1 atom stereocenters. The molecule has 0 saturated carbocycles. The summed E-state index contributed by atoms with van der Waals surface area (Å²) in [4.78, 5) is 18.3. The molecule has 140 valence electrons. The van der Waals surface area contributed by atoms with Crippen LogP contribution in [-0.4, -0.2) is 35.0 Å². The highest BCUT2D eigenvalue weighted by Gasteiger charge is 2.27. The molecule has 2 heterocycles. The second kappa shape index (κ2) is 7.28. The topological polar surface area (TPSA) is 45.3 Å². The maximum absolute atomic E-state index is 13.2. The van der Waals surface area contributed by atoms with Gasteiger partial charge in [-0.1, -0.05) is 29.8 Å². The van der Waals surface area contributed by atoms with E-state index in [0.717, 1.165) is 23.1 Å². The monoisotopic (exact) mass is 382 g/mol. The molecule has 5 heteroatoms. The van der Waals surface area contributed by atoms with E-state index in [0.29, 0.717) is 23.9 Å². The van der Waals surface area contributed by atoms with Crippen LogP contribution in [0.25, 0.3) is 10.9 Å². The first-order chi connectivity index (χ1) is 13.0. The first-order valence-electron chi connectivity index (χ1n) is 9.31. The maximum Gasteiger partial charge on any atom is 0.270 e. The van der Waals surface area contributed by atoms with Crippen molar-refractivity contribution in [2.45, 2.75) is 26.3 Å². The zero-order chi connectivity index (χ0) is 19.0. The van der Waals surface area contributed by atoms with Crippen LogP contribution in [0.15, 0.2) is 48.5 Å². The van der Waals surface area contributed by atoms with Gasteiger partial charge < -0.3 is 14.6 Å². The Labute approximate surface area is 164 Å². The van der Waals surface area contributed by atoms with E-state index in [4.69, 9.17) is 16.3 Å². The number of hydrogen-bond acceptors (Lipinski definition) is 2. The largest absolute Gasteiger partial charge is 0.493 e. The van der Waals surface area contributed by atoms with Crippen molar-refractivity contribution in [1.29, 1.82) is 0 Å². The van der Waals surface area contributed by atoms with Crippen molar-refractivity contribution in [3.8, 4) is 5.75 Å². The summed E-state index contributed by atoms with van der Waals surface area (Å²) in [6.07, 6.45) is 0.926. The highest BCUT2D eigenvalue weighted by Crippen LogP contribution is 2.28. The Balaban J connectivity index is 1.54. The SMILES string of the molecule is CC(C)N(CC1COc2ccccc2C1)C(=O)c1cc2cc(Cl)ccc2[nH]1. The van der Waals surface area contributed by atoms with E-state index in [2.05, 4.69) is 24.9 Å². The van der Waals surface area contributed by atoms with Crippen LogP contribution in [0, 0.1) is 5.92 Å². The number of fused-ring (bicyclic) bond motifs is 2. The summed E-state index contributed by atoms with van der Waals surface area (Å²) in [5.41, 5.74) is 2.73. The van der Waals surface area contributed by atoms with Gasteiger partial charge in [0.05, 0.1) is 6.61 Å². The molecule has 1 aliphatic rings. The van der Waals surface area contributed by atoms with E-state index in [1.165, 1.54) is 5.56 Å². The number of amides is 1. The van der Waals surface area contributed by atoms with Crippen LogP contribution in [0.5, 0.6) is 5.75 Å². The maximum atomic E-state index is 13.2. The molecule has 0 spiro atoms. The lowest BCUT2D eigenvalue weighted by molar-refractivity contribution is 0.0631. The van der Waals surface area contributed by atoms with Crippen LogP contribution >= 0.6 is 11.6 Å². The molecular weight excluding hydrogens is 360 g/mol. The third-order valence-electron chi connectivity index (χ3n) is 5.11. The number of aromatic nitrogens is 1. The lowest BCUT2D eigenvalue weighted by atomic mass is 9.95. The molecule has 4 nitrogen and oxygen atoms in total. The molecule has 3 aromatic rings. The van der Waals surface area contributed by atoms with Crippen molar-refractivity contribution < 1.29 is 9.53 Å². The van der Waals surface area contributed by atoms with Crippen LogP contribution in [-0.2, 0) is 6.42 Å². The predicted molar refractivity (Wildman–Crippen MR) is 109 cm³/mol. The van der Waals surface area contributed by atoms with E-state index in [-0.39, 0.29) is 17.9 Å². The Kier molecular flexibility index (Phi) is 4.83. The Morgan fingerprint density at radius 1 is 1.26 bits per heavy atom. The van der Waals surface area contributed by atoms with Crippen molar-refractivity contribution in [3.63, 3.8) is 0 Å². The second-order valence-corrected chi connectivity index (χ2v) is 7.89. The van der Waals surface area contributed by atoms with E-state index < -0.39 is 0 Å². The van der Waals surface area contributed by atoms with Crippen molar-refractivity contribution in [1.82, 2.24) is 9.88 Å². The average molecular weight is 383 g/mol. The fourth-order valence-corrected chi connectivity index (χ4v) is 3.87. The average Bonchev–Trinajstić information content (AvgIpc) is 3.08. The molecule has 1 unspecified atom stereocenters. The fourth-order valence-electron chi connectivity index (χ4n) is 3.69. The molecule has 1 aliphatic heterocycles. The number of H-pyrrole nitrogens is 1. The summed E-state index contributed by atoms with van der Waals surface area (Å²) in [5.74, 6) is 1.25. The highest BCUT2D eigenvalue weighted by molar-refractivity contribution is 6.31. The standard InChI is InChI=1S/C22H23ClN2O2/c1-14(2)25(12-15-9-16-5-3-4-6-21(16)27-13-15)22(26)20-11-17-10-18(23)7-8-19(17)24-20/h3-8,10-11,14-15,24H,9,12-13H2,1-2H3. The van der Waals surface area contributed by atoms with Crippen LogP contribution in [0.4, 0.5) is 0 Å². The number of carbonyl (C=O) groups is 1. The molecule has 0 bridgehead atoms. The summed E-state index contributed by atoms with van der Waals surface area (Å²) >= 11 is 6.07. The minimum absolute atomic E-state index is 0.0104. The summed E-state index contributed by atoms with van der Waals surface area (Å²) < 4.78 is 5.90. The van der Waals surface area contributed by atoms with E-state index >= 15 is 0 Å². The van der Waals surface area contributed by atoms with Crippen LogP contribution in [0.1, 0.15) is 29.9 Å². The molecule has 0 saturated heterocycles. The number of benzene rings is 2. The Morgan fingerprint density at radius 3 is 2.89 bits per heavy atom. The number of nitrogens with zero attached hydrogens (tertiary/aromatic N) is 1. The van der Waals surface area contributed by atoms with Crippen LogP contribution in [0.3, 0.4) is 0 Å². The molecule has 1 aromatic heterocycles. The third kappa shape index (κ3) is 3.67. The van der Waals surface area contributed by atoms with E-state index in [9.17, 15) is 4.79 Å². The molecule has 0 fully saturated rings. The number of para-hydroxylation sites is 1. The lowest BCUT2D eigenvalue weighted by Crippen LogP contribution is -2.43. The first-order valence-corrected chi connectivity index (χ1v) is 9.69. The highest BCUT2D eigenvalue weighted by atomic mass is 35.5. The summed E-state index contributed by atoms with van der Waals surface area (Å²) in [7, 11) is 0. The summed E-state index contributed by atoms with van der Waals surface area (Å²) in [5, 5.41) is 1.61. The Hall–Kier alpha value is -2.46. The molecule has 0 radical (unpaired) electrons. The number of halogens is 1. The van der Waals surface area contributed by atoms with Gasteiger partial charge in [0.25, 0.3) is 5.91 Å². The summed E-state index contributed by atoms with van der Waals surface area (Å²) in [6.45, 7) is 5.40. The third-order valence-corrected chi connectivity index (χ3v) is 5.34.